The molecule has 1 fully saturated rings. The van der Waals surface area contributed by atoms with Crippen LogP contribution in [-0.2, 0) is 51.4 Å². The number of halogens is 3. The van der Waals surface area contributed by atoms with Crippen molar-refractivity contribution in [3.05, 3.63) is 11.9 Å². The number of hydrogen-bond donors (Lipinski definition) is 10. The quantitative estimate of drug-likeness (QED) is 0.0469. The van der Waals surface area contributed by atoms with Crippen LogP contribution >= 0.6 is 0 Å². The molecule has 2 rings (SSSR count). The first-order valence-electron chi connectivity index (χ1n) is 17.3. The third kappa shape index (κ3) is 19.2. The Bertz CT molecular complexity index is 1600. The second-order valence-corrected chi connectivity index (χ2v) is 12.9. The maximum Gasteiger partial charge on any atom is 0.490 e. The molecule has 24 nitrogen and oxygen atoms in total. The van der Waals surface area contributed by atoms with E-state index in [4.69, 9.17) is 20.1 Å². The minimum absolute atomic E-state index is 0.0709. The van der Waals surface area contributed by atoms with Gasteiger partial charge in [-0.05, 0) is 38.5 Å². The maximum absolute atomic E-state index is 12.6. The number of carbonyl (C=O) groups excluding carboxylic acids is 2. The number of rotatable bonds is 24. The number of hydrogen-bond acceptors (Lipinski definition) is 13. The molecule has 1 aromatic heterocycles. The molecule has 10 N–H and O–H groups in total. The van der Waals surface area contributed by atoms with Crippen LogP contribution in [0.15, 0.2) is 6.20 Å². The Labute approximate surface area is 325 Å². The van der Waals surface area contributed by atoms with Crippen molar-refractivity contribution in [1.82, 2.24) is 41.0 Å². The van der Waals surface area contributed by atoms with E-state index in [1.165, 1.54) is 15.9 Å². The second kappa shape index (κ2) is 23.8. The van der Waals surface area contributed by atoms with Crippen molar-refractivity contribution in [3.8, 4) is 0 Å². The molecule has 0 spiro atoms. The predicted molar refractivity (Wildman–Crippen MR) is 182 cm³/mol. The van der Waals surface area contributed by atoms with Gasteiger partial charge in [0.25, 0.3) is 0 Å². The molecule has 0 saturated heterocycles. The zero-order valence-corrected chi connectivity index (χ0v) is 30.7. The predicted octanol–water partition coefficient (Wildman–Crippen LogP) is -0.366. The number of alkyl halides is 3. The summed E-state index contributed by atoms with van der Waals surface area (Å²) >= 11 is 0. The fraction of sp³-hybridized carbons (Fsp3) is 0.645. The van der Waals surface area contributed by atoms with Crippen molar-refractivity contribution < 1.29 is 92.1 Å². The Hall–Kier alpha value is -6.12. The first-order chi connectivity index (χ1) is 26.9. The summed E-state index contributed by atoms with van der Waals surface area (Å²) < 4.78 is 32.9. The fourth-order valence-corrected chi connectivity index (χ4v) is 5.81. The Kier molecular flexibility index (Phi) is 20.5. The van der Waals surface area contributed by atoms with Gasteiger partial charge in [0.2, 0.25) is 5.91 Å². The van der Waals surface area contributed by atoms with E-state index in [2.05, 4.69) is 20.9 Å². The lowest BCUT2D eigenvalue weighted by atomic mass is 9.78. The number of nitrogens with zero attached hydrogens (tertiary/aromatic N) is 5. The average molecular weight is 843 g/mol. The van der Waals surface area contributed by atoms with Crippen LogP contribution in [0, 0.1) is 0 Å². The molecule has 0 bridgehead atoms. The van der Waals surface area contributed by atoms with Gasteiger partial charge in [-0.3, -0.25) is 24.0 Å². The summed E-state index contributed by atoms with van der Waals surface area (Å²) in [5.74, 6) is -11.2. The van der Waals surface area contributed by atoms with E-state index >= 15 is 0 Å². The molecule has 2 atom stereocenters. The monoisotopic (exact) mass is 842 g/mol. The van der Waals surface area contributed by atoms with Crippen LogP contribution in [0.5, 0.6) is 0 Å². The van der Waals surface area contributed by atoms with Gasteiger partial charge < -0.3 is 51.7 Å². The molecule has 326 valence electrons. The lowest BCUT2D eigenvalue weighted by molar-refractivity contribution is -0.192. The lowest BCUT2D eigenvalue weighted by Crippen LogP contribution is -2.60. The van der Waals surface area contributed by atoms with E-state index in [-0.39, 0.29) is 44.6 Å². The minimum Gasteiger partial charge on any atom is -0.481 e. The van der Waals surface area contributed by atoms with Crippen molar-refractivity contribution in [2.75, 3.05) is 19.6 Å². The average Bonchev–Trinajstić information content (AvgIpc) is 3.53. The third-order valence-corrected chi connectivity index (χ3v) is 8.33. The van der Waals surface area contributed by atoms with E-state index in [0.717, 1.165) is 11.4 Å². The van der Waals surface area contributed by atoms with Crippen LogP contribution in [0.2, 0.25) is 0 Å². The van der Waals surface area contributed by atoms with Gasteiger partial charge in [-0.2, -0.15) is 13.2 Å². The van der Waals surface area contributed by atoms with Gasteiger partial charge in [-0.25, -0.2) is 33.9 Å². The van der Waals surface area contributed by atoms with E-state index in [1.54, 1.807) is 0 Å². The number of amides is 3. The van der Waals surface area contributed by atoms with Crippen LogP contribution in [0.4, 0.5) is 18.0 Å². The highest BCUT2D eigenvalue weighted by atomic mass is 19.4. The molecule has 27 heteroatoms. The number of unbranched alkanes of at least 4 members (excludes halogenated alkanes) is 1. The number of nitrogens with one attached hydrogen (secondary N) is 3. The molecule has 58 heavy (non-hydrogen) atoms. The van der Waals surface area contributed by atoms with Crippen molar-refractivity contribution in [2.45, 2.75) is 108 Å². The summed E-state index contributed by atoms with van der Waals surface area (Å²) in [5, 5.41) is 80.5. The van der Waals surface area contributed by atoms with Gasteiger partial charge in [-0.15, -0.1) is 5.10 Å². The number of carboxylic acids is 7. The Balaban J connectivity index is 0.00000219. The van der Waals surface area contributed by atoms with Crippen molar-refractivity contribution in [1.29, 1.82) is 0 Å². The molecule has 1 saturated carbocycles. The molecule has 0 aromatic carbocycles. The summed E-state index contributed by atoms with van der Waals surface area (Å²) in [6.07, 6.45) is -1.65. The second-order valence-electron chi connectivity index (χ2n) is 12.9. The molecular formula is C31H45F3N8O16. The summed E-state index contributed by atoms with van der Waals surface area (Å²) in [6, 6.07) is -4.04. The van der Waals surface area contributed by atoms with Crippen LogP contribution in [-0.4, -0.2) is 158 Å². The Morgan fingerprint density at radius 1 is 0.776 bits per heavy atom. The largest absolute Gasteiger partial charge is 0.490 e. The topological polar surface area (TPSA) is 369 Å². The Morgan fingerprint density at radius 2 is 1.31 bits per heavy atom. The summed E-state index contributed by atoms with van der Waals surface area (Å²) in [7, 11) is 0. The third-order valence-electron chi connectivity index (χ3n) is 8.33. The standard InChI is InChI=1S/C29H44N8O14.C2HF3O2/c38-21(30-11-5-2-6-19(26(47)48)31-28(51)32-20(27(49)50)7-8-22(39)40)15-35-13-18(33-34-35)14-37(36(16-24(43)44)17-25(45)46)29(12-23(41)42)9-3-1-4-10-29;3-2(4,5)1(6)7/h13,19-20H,1-12,14-17H2,(H,30,38)(H,39,40)(H,41,42)(H,43,44)(H,45,46)(H,47,48)(H,49,50)(H2,31,32,51);(H,6,7). The van der Waals surface area contributed by atoms with Gasteiger partial charge >= 0.3 is 54.0 Å². The molecule has 3 amide bonds. The first-order valence-corrected chi connectivity index (χ1v) is 17.3. The molecular weight excluding hydrogens is 797 g/mol. The van der Waals surface area contributed by atoms with Gasteiger partial charge in [0.05, 0.1) is 24.9 Å². The number of carbonyl (C=O) groups is 9. The molecule has 0 radical (unpaired) electrons. The van der Waals surface area contributed by atoms with E-state index in [0.29, 0.717) is 32.1 Å². The summed E-state index contributed by atoms with van der Waals surface area (Å²) in [5.41, 5.74) is -0.857. The van der Waals surface area contributed by atoms with Gasteiger partial charge in [0.1, 0.15) is 31.7 Å². The lowest BCUT2D eigenvalue weighted by Gasteiger charge is -2.49. The smallest absolute Gasteiger partial charge is 0.481 e. The van der Waals surface area contributed by atoms with Crippen LogP contribution < -0.4 is 16.0 Å². The SMILES string of the molecule is O=C(O)C(F)(F)F.O=C(O)CCC(NC(=O)NC(CCCCNC(=O)Cn1cc(CN(N(CC(=O)O)CC(=O)O)C2(CC(=O)O)CCCCC2)nn1)C(=O)O)C(=O)O. The van der Waals surface area contributed by atoms with Gasteiger partial charge in [0, 0.05) is 18.5 Å². The van der Waals surface area contributed by atoms with Crippen LogP contribution in [0.3, 0.4) is 0 Å². The molecule has 1 heterocycles. The number of carboxylic acid groups (broad SMARTS) is 7. The maximum atomic E-state index is 12.6. The van der Waals surface area contributed by atoms with Crippen LogP contribution in [0.25, 0.3) is 0 Å². The van der Waals surface area contributed by atoms with E-state index < -0.39 is 103 Å². The summed E-state index contributed by atoms with van der Waals surface area (Å²) in [4.78, 5) is 102. The summed E-state index contributed by atoms with van der Waals surface area (Å²) in [6.45, 7) is -1.78. The van der Waals surface area contributed by atoms with Crippen LogP contribution in [0.1, 0.15) is 76.3 Å². The first kappa shape index (κ1) is 49.9. The highest BCUT2D eigenvalue weighted by molar-refractivity contribution is 5.86. The fourth-order valence-electron chi connectivity index (χ4n) is 5.81. The Morgan fingerprint density at radius 3 is 1.78 bits per heavy atom. The van der Waals surface area contributed by atoms with E-state index in [9.17, 15) is 72.0 Å². The number of hydrazine groups is 1. The molecule has 1 aliphatic carbocycles. The zero-order chi connectivity index (χ0) is 44.2. The molecule has 1 aliphatic rings. The number of aromatic nitrogens is 3. The van der Waals surface area contributed by atoms with Gasteiger partial charge in [0.15, 0.2) is 0 Å². The highest BCUT2D eigenvalue weighted by Crippen LogP contribution is 2.38. The normalized spacial score (nSPS) is 14.6. The van der Waals surface area contributed by atoms with Crippen molar-refractivity contribution >= 4 is 53.7 Å². The highest BCUT2D eigenvalue weighted by Gasteiger charge is 2.44. The van der Waals surface area contributed by atoms with Crippen molar-refractivity contribution in [3.63, 3.8) is 0 Å². The van der Waals surface area contributed by atoms with Crippen molar-refractivity contribution in [2.24, 2.45) is 0 Å². The molecule has 1 aromatic rings. The molecule has 2 unspecified atom stereocenters. The minimum atomic E-state index is -5.08. The number of aliphatic carboxylic acids is 7. The van der Waals surface area contributed by atoms with Gasteiger partial charge in [-0.1, -0.05) is 24.5 Å². The number of urea groups is 1. The van der Waals surface area contributed by atoms with E-state index in [1.807, 2.05) is 5.32 Å². The molecule has 0 aliphatic heterocycles. The zero-order valence-electron chi connectivity index (χ0n) is 30.7.